The summed E-state index contributed by atoms with van der Waals surface area (Å²) in [6, 6.07) is 5.79. The molecule has 116 valence electrons. The zero-order chi connectivity index (χ0) is 15.3. The number of carbonyl (C=O) groups is 1. The predicted molar refractivity (Wildman–Crippen MR) is 81.9 cm³/mol. The molecule has 1 aromatic heterocycles. The highest BCUT2D eigenvalue weighted by Crippen LogP contribution is 2.15. The van der Waals surface area contributed by atoms with Crippen molar-refractivity contribution in [3.8, 4) is 0 Å². The number of piperidine rings is 1. The minimum atomic E-state index is -0.209. The number of urea groups is 1. The summed E-state index contributed by atoms with van der Waals surface area (Å²) in [5, 5.41) is 3.00. The molecule has 5 nitrogen and oxygen atoms in total. The molecular formula is C16H25N3O2. The van der Waals surface area contributed by atoms with Crippen LogP contribution in [0.4, 0.5) is 4.79 Å². The van der Waals surface area contributed by atoms with Crippen molar-refractivity contribution in [2.45, 2.75) is 51.9 Å². The summed E-state index contributed by atoms with van der Waals surface area (Å²) in [4.78, 5) is 18.3. The first-order valence-corrected chi connectivity index (χ1v) is 7.53. The van der Waals surface area contributed by atoms with Gasteiger partial charge in [-0.05, 0) is 45.7 Å². The average Bonchev–Trinajstić information content (AvgIpc) is 2.45. The van der Waals surface area contributed by atoms with Crippen LogP contribution in [0.3, 0.4) is 0 Å². The van der Waals surface area contributed by atoms with Crippen molar-refractivity contribution < 1.29 is 9.53 Å². The Balaban J connectivity index is 1.82. The standard InChI is InChI=1S/C16H25N3O2/c1-16(2,3)18-15(20)19-10-6-8-14(11-19)21-12-13-7-4-5-9-17-13/h4-5,7,9,14H,6,8,10-12H2,1-3H3,(H,18,20). The highest BCUT2D eigenvalue weighted by Gasteiger charge is 2.26. The Morgan fingerprint density at radius 1 is 1.48 bits per heavy atom. The summed E-state index contributed by atoms with van der Waals surface area (Å²) in [7, 11) is 0. The molecule has 2 rings (SSSR count). The molecule has 0 bridgehead atoms. The monoisotopic (exact) mass is 291 g/mol. The molecule has 1 N–H and O–H groups in total. The second-order valence-corrected chi connectivity index (χ2v) is 6.52. The molecule has 0 aliphatic carbocycles. The fourth-order valence-corrected chi connectivity index (χ4v) is 2.35. The number of likely N-dealkylation sites (tertiary alicyclic amines) is 1. The quantitative estimate of drug-likeness (QED) is 0.931. The summed E-state index contributed by atoms with van der Waals surface area (Å²) < 4.78 is 5.90. The Labute approximate surface area is 126 Å². The third kappa shape index (κ3) is 5.34. The van der Waals surface area contributed by atoms with Gasteiger partial charge in [-0.2, -0.15) is 0 Å². The van der Waals surface area contributed by atoms with E-state index >= 15 is 0 Å². The van der Waals surface area contributed by atoms with E-state index in [-0.39, 0.29) is 17.7 Å². The Hall–Kier alpha value is -1.62. The van der Waals surface area contributed by atoms with Gasteiger partial charge in [0, 0.05) is 24.8 Å². The number of nitrogens with zero attached hydrogens (tertiary/aromatic N) is 2. The summed E-state index contributed by atoms with van der Waals surface area (Å²) in [6.07, 6.45) is 3.82. The lowest BCUT2D eigenvalue weighted by molar-refractivity contribution is -0.00219. The van der Waals surface area contributed by atoms with Crippen molar-refractivity contribution in [3.63, 3.8) is 0 Å². The Morgan fingerprint density at radius 3 is 2.95 bits per heavy atom. The maximum atomic E-state index is 12.2. The molecule has 1 fully saturated rings. The fraction of sp³-hybridized carbons (Fsp3) is 0.625. The van der Waals surface area contributed by atoms with E-state index in [1.165, 1.54) is 0 Å². The number of aromatic nitrogens is 1. The van der Waals surface area contributed by atoms with Crippen LogP contribution in [0, 0.1) is 0 Å². The third-order valence-corrected chi connectivity index (χ3v) is 3.34. The van der Waals surface area contributed by atoms with Crippen LogP contribution in [-0.2, 0) is 11.3 Å². The molecule has 0 spiro atoms. The van der Waals surface area contributed by atoms with Gasteiger partial charge in [-0.25, -0.2) is 4.79 Å². The van der Waals surface area contributed by atoms with Crippen LogP contribution >= 0.6 is 0 Å². The smallest absolute Gasteiger partial charge is 0.317 e. The normalized spacial score (nSPS) is 19.4. The second-order valence-electron chi connectivity index (χ2n) is 6.52. The van der Waals surface area contributed by atoms with Gasteiger partial charge in [0.1, 0.15) is 0 Å². The number of pyridine rings is 1. The molecule has 0 aromatic carbocycles. The molecule has 1 saturated heterocycles. The first-order valence-electron chi connectivity index (χ1n) is 7.53. The maximum Gasteiger partial charge on any atom is 0.317 e. The molecule has 0 saturated carbocycles. The lowest BCUT2D eigenvalue weighted by atomic mass is 10.1. The summed E-state index contributed by atoms with van der Waals surface area (Å²) in [6.45, 7) is 7.91. The van der Waals surface area contributed by atoms with Gasteiger partial charge in [-0.15, -0.1) is 0 Å². The molecule has 2 amide bonds. The number of hydrogen-bond acceptors (Lipinski definition) is 3. The lowest BCUT2D eigenvalue weighted by Crippen LogP contribution is -2.52. The van der Waals surface area contributed by atoms with E-state index in [0.717, 1.165) is 25.1 Å². The van der Waals surface area contributed by atoms with Crippen molar-refractivity contribution >= 4 is 6.03 Å². The van der Waals surface area contributed by atoms with Gasteiger partial charge in [0.15, 0.2) is 0 Å². The van der Waals surface area contributed by atoms with Crippen LogP contribution in [0.2, 0.25) is 0 Å². The number of carbonyl (C=O) groups excluding carboxylic acids is 1. The highest BCUT2D eigenvalue weighted by molar-refractivity contribution is 5.75. The van der Waals surface area contributed by atoms with E-state index in [0.29, 0.717) is 13.2 Å². The van der Waals surface area contributed by atoms with Crippen LogP contribution < -0.4 is 5.32 Å². The first kappa shape index (κ1) is 15.8. The minimum absolute atomic E-state index is 0.00589. The van der Waals surface area contributed by atoms with Gasteiger partial charge in [-0.3, -0.25) is 4.98 Å². The number of amides is 2. The molecule has 1 atom stereocenters. The summed E-state index contributed by atoms with van der Waals surface area (Å²) in [5.41, 5.74) is 0.715. The van der Waals surface area contributed by atoms with Gasteiger partial charge in [-0.1, -0.05) is 6.07 Å². The Morgan fingerprint density at radius 2 is 2.29 bits per heavy atom. The van der Waals surface area contributed by atoms with Crippen LogP contribution in [-0.4, -0.2) is 40.6 Å². The van der Waals surface area contributed by atoms with Crippen molar-refractivity contribution in [1.29, 1.82) is 0 Å². The molecular weight excluding hydrogens is 266 g/mol. The molecule has 1 unspecified atom stereocenters. The van der Waals surface area contributed by atoms with E-state index in [1.54, 1.807) is 6.20 Å². The van der Waals surface area contributed by atoms with E-state index in [4.69, 9.17) is 4.74 Å². The second kappa shape index (κ2) is 6.89. The van der Waals surface area contributed by atoms with Crippen LogP contribution in [0.25, 0.3) is 0 Å². The van der Waals surface area contributed by atoms with Crippen LogP contribution in [0.1, 0.15) is 39.3 Å². The topological polar surface area (TPSA) is 54.5 Å². The van der Waals surface area contributed by atoms with Gasteiger partial charge in [0.2, 0.25) is 0 Å². The van der Waals surface area contributed by atoms with E-state index in [9.17, 15) is 4.79 Å². The fourth-order valence-electron chi connectivity index (χ4n) is 2.35. The summed E-state index contributed by atoms with van der Waals surface area (Å²) >= 11 is 0. The molecule has 2 heterocycles. The first-order chi connectivity index (χ1) is 9.94. The van der Waals surface area contributed by atoms with Crippen LogP contribution in [0.5, 0.6) is 0 Å². The van der Waals surface area contributed by atoms with Crippen molar-refractivity contribution in [3.05, 3.63) is 30.1 Å². The van der Waals surface area contributed by atoms with E-state index in [2.05, 4.69) is 10.3 Å². The number of hydrogen-bond donors (Lipinski definition) is 1. The van der Waals surface area contributed by atoms with Crippen LogP contribution in [0.15, 0.2) is 24.4 Å². The van der Waals surface area contributed by atoms with Crippen molar-refractivity contribution in [1.82, 2.24) is 15.2 Å². The molecule has 5 heteroatoms. The van der Waals surface area contributed by atoms with Gasteiger partial charge < -0.3 is 15.0 Å². The largest absolute Gasteiger partial charge is 0.370 e. The van der Waals surface area contributed by atoms with Crippen molar-refractivity contribution in [2.24, 2.45) is 0 Å². The summed E-state index contributed by atoms with van der Waals surface area (Å²) in [5.74, 6) is 0. The minimum Gasteiger partial charge on any atom is -0.370 e. The molecule has 0 radical (unpaired) electrons. The third-order valence-electron chi connectivity index (χ3n) is 3.34. The zero-order valence-corrected chi connectivity index (χ0v) is 13.1. The van der Waals surface area contributed by atoms with E-state index in [1.807, 2.05) is 43.9 Å². The number of rotatable bonds is 3. The maximum absolute atomic E-state index is 12.2. The molecule has 1 aliphatic heterocycles. The highest BCUT2D eigenvalue weighted by atomic mass is 16.5. The van der Waals surface area contributed by atoms with Gasteiger partial charge in [0.25, 0.3) is 0 Å². The SMILES string of the molecule is CC(C)(C)NC(=O)N1CCCC(OCc2ccccn2)C1. The number of nitrogens with one attached hydrogen (secondary N) is 1. The molecule has 21 heavy (non-hydrogen) atoms. The lowest BCUT2D eigenvalue weighted by Gasteiger charge is -2.34. The Bertz CT molecular complexity index is 456. The van der Waals surface area contributed by atoms with Gasteiger partial charge in [0.05, 0.1) is 18.4 Å². The van der Waals surface area contributed by atoms with Crippen molar-refractivity contribution in [2.75, 3.05) is 13.1 Å². The zero-order valence-electron chi connectivity index (χ0n) is 13.1. The molecule has 1 aromatic rings. The van der Waals surface area contributed by atoms with E-state index < -0.39 is 0 Å². The average molecular weight is 291 g/mol. The molecule has 1 aliphatic rings. The van der Waals surface area contributed by atoms with Gasteiger partial charge >= 0.3 is 6.03 Å². The number of ether oxygens (including phenoxy) is 1. The Kier molecular flexibility index (Phi) is 5.17. The predicted octanol–water partition coefficient (Wildman–Crippen LogP) is 2.57.